The first-order valence-electron chi connectivity index (χ1n) is 16.6. The van der Waals surface area contributed by atoms with Gasteiger partial charge in [-0.15, -0.1) is 0 Å². The Balaban J connectivity index is 1.17. The topological polar surface area (TPSA) is 15.7 Å². The Bertz CT molecular complexity index is 2310. The molecule has 0 N–H and O–H groups in total. The number of hydrogen-bond acceptors (Lipinski definition) is 3. The summed E-state index contributed by atoms with van der Waals surface area (Å²) in [5.41, 5.74) is 11.2. The van der Waals surface area contributed by atoms with Crippen molar-refractivity contribution in [2.45, 2.75) is 0 Å². The average molecular weight is 629 g/mol. The molecule has 0 saturated carbocycles. The predicted molar refractivity (Wildman–Crippen MR) is 204 cm³/mol. The zero-order chi connectivity index (χ0) is 32.6. The van der Waals surface area contributed by atoms with E-state index in [-0.39, 0.29) is 0 Å². The summed E-state index contributed by atoms with van der Waals surface area (Å²) in [6, 6.07) is 68.3. The van der Waals surface area contributed by atoms with Gasteiger partial charge in [-0.3, -0.25) is 0 Å². The normalized spacial score (nSPS) is 11.4. The third-order valence-electron chi connectivity index (χ3n) is 9.23. The molecular formula is C46H32N2O. The Morgan fingerprint density at radius 3 is 1.41 bits per heavy atom. The van der Waals surface area contributed by atoms with Gasteiger partial charge < -0.3 is 14.5 Å². The maximum absolute atomic E-state index is 6.72. The number of benzene rings is 8. The van der Waals surface area contributed by atoms with Crippen molar-refractivity contribution < 1.29 is 4.74 Å². The smallest absolute Gasteiger partial charge is 0.137 e. The van der Waals surface area contributed by atoms with E-state index < -0.39 is 0 Å². The minimum atomic E-state index is 0.855. The molecule has 8 aromatic rings. The minimum Gasteiger partial charge on any atom is -0.456 e. The molecule has 9 rings (SSSR count). The maximum Gasteiger partial charge on any atom is 0.137 e. The van der Waals surface area contributed by atoms with Crippen molar-refractivity contribution in [2.24, 2.45) is 0 Å². The SMILES string of the molecule is c1ccc(N(c2ccccc2)c2ccc(-c3ccc4c5c(cccc35)-c3c(cccc3N(c3ccccc3)c3ccccc3)O4)cc2)cc1. The van der Waals surface area contributed by atoms with Gasteiger partial charge in [0.05, 0.1) is 5.69 Å². The molecule has 0 atom stereocenters. The van der Waals surface area contributed by atoms with Crippen LogP contribution in [0.25, 0.3) is 33.0 Å². The van der Waals surface area contributed by atoms with Gasteiger partial charge in [0.25, 0.3) is 0 Å². The second-order valence-electron chi connectivity index (χ2n) is 12.2. The van der Waals surface area contributed by atoms with Crippen LogP contribution < -0.4 is 14.5 Å². The molecule has 3 heteroatoms. The molecule has 3 nitrogen and oxygen atoms in total. The Kier molecular flexibility index (Phi) is 7.14. The van der Waals surface area contributed by atoms with E-state index in [4.69, 9.17) is 4.74 Å². The van der Waals surface area contributed by atoms with Gasteiger partial charge in [0.15, 0.2) is 0 Å². The molecule has 8 aromatic carbocycles. The second kappa shape index (κ2) is 12.2. The van der Waals surface area contributed by atoms with Gasteiger partial charge in [-0.05, 0) is 101 Å². The van der Waals surface area contributed by atoms with Crippen LogP contribution >= 0.6 is 0 Å². The van der Waals surface area contributed by atoms with Crippen LogP contribution in [0.5, 0.6) is 11.5 Å². The van der Waals surface area contributed by atoms with Gasteiger partial charge in [-0.2, -0.15) is 0 Å². The van der Waals surface area contributed by atoms with Gasteiger partial charge in [0, 0.05) is 39.4 Å². The van der Waals surface area contributed by atoms with Crippen LogP contribution in [0.2, 0.25) is 0 Å². The molecule has 0 spiro atoms. The molecule has 232 valence electrons. The molecule has 0 amide bonds. The van der Waals surface area contributed by atoms with Crippen molar-refractivity contribution >= 4 is 44.9 Å². The first-order valence-corrected chi connectivity index (χ1v) is 16.6. The van der Waals surface area contributed by atoms with Crippen molar-refractivity contribution in [1.29, 1.82) is 0 Å². The van der Waals surface area contributed by atoms with Crippen LogP contribution in [0.3, 0.4) is 0 Å². The highest BCUT2D eigenvalue weighted by Gasteiger charge is 2.27. The fourth-order valence-corrected chi connectivity index (χ4v) is 7.07. The van der Waals surface area contributed by atoms with Crippen LogP contribution in [0.4, 0.5) is 34.1 Å². The van der Waals surface area contributed by atoms with E-state index in [0.29, 0.717) is 0 Å². The Morgan fingerprint density at radius 2 is 0.837 bits per heavy atom. The summed E-state index contributed by atoms with van der Waals surface area (Å²) in [7, 11) is 0. The third-order valence-corrected chi connectivity index (χ3v) is 9.23. The van der Waals surface area contributed by atoms with E-state index in [0.717, 1.165) is 67.5 Å². The van der Waals surface area contributed by atoms with Gasteiger partial charge in [0.2, 0.25) is 0 Å². The Hall–Kier alpha value is -6.58. The first-order chi connectivity index (χ1) is 24.3. The van der Waals surface area contributed by atoms with Crippen LogP contribution in [0, 0.1) is 0 Å². The van der Waals surface area contributed by atoms with Crippen molar-refractivity contribution in [3.8, 4) is 33.8 Å². The third kappa shape index (κ3) is 5.09. The number of anilines is 6. The number of nitrogens with zero attached hydrogens (tertiary/aromatic N) is 2. The van der Waals surface area contributed by atoms with Gasteiger partial charge >= 0.3 is 0 Å². The molecular weight excluding hydrogens is 597 g/mol. The molecule has 0 fully saturated rings. The molecule has 0 unspecified atom stereocenters. The van der Waals surface area contributed by atoms with Crippen LogP contribution in [0.1, 0.15) is 0 Å². The van der Waals surface area contributed by atoms with E-state index in [1.807, 2.05) is 0 Å². The molecule has 0 aromatic heterocycles. The largest absolute Gasteiger partial charge is 0.456 e. The lowest BCUT2D eigenvalue weighted by molar-refractivity contribution is 0.487. The quantitative estimate of drug-likeness (QED) is 0.175. The van der Waals surface area contributed by atoms with Crippen molar-refractivity contribution in [2.75, 3.05) is 9.80 Å². The number of fused-ring (bicyclic) bond motifs is 2. The summed E-state index contributed by atoms with van der Waals surface area (Å²) < 4.78 is 6.72. The average Bonchev–Trinajstić information content (AvgIpc) is 3.17. The van der Waals surface area contributed by atoms with Gasteiger partial charge in [0.1, 0.15) is 11.5 Å². The monoisotopic (exact) mass is 628 g/mol. The molecule has 0 bridgehead atoms. The number of rotatable bonds is 7. The van der Waals surface area contributed by atoms with E-state index in [1.54, 1.807) is 0 Å². The Morgan fingerprint density at radius 1 is 0.327 bits per heavy atom. The predicted octanol–water partition coefficient (Wildman–Crippen LogP) is 13.2. The van der Waals surface area contributed by atoms with Crippen LogP contribution in [0.15, 0.2) is 194 Å². The summed E-state index contributed by atoms with van der Waals surface area (Å²) in [6.07, 6.45) is 0. The summed E-state index contributed by atoms with van der Waals surface area (Å²) in [5.74, 6) is 1.73. The highest BCUT2D eigenvalue weighted by Crippen LogP contribution is 2.53. The fourth-order valence-electron chi connectivity index (χ4n) is 7.07. The summed E-state index contributed by atoms with van der Waals surface area (Å²) in [4.78, 5) is 4.61. The lowest BCUT2D eigenvalue weighted by Gasteiger charge is -2.31. The van der Waals surface area contributed by atoms with Gasteiger partial charge in [-0.1, -0.05) is 115 Å². The van der Waals surface area contributed by atoms with Crippen LogP contribution in [-0.2, 0) is 0 Å². The van der Waals surface area contributed by atoms with E-state index in [1.165, 1.54) is 11.1 Å². The molecule has 49 heavy (non-hydrogen) atoms. The fraction of sp³-hybridized carbons (Fsp3) is 0. The molecule has 1 aliphatic rings. The highest BCUT2D eigenvalue weighted by atomic mass is 16.5. The van der Waals surface area contributed by atoms with E-state index >= 15 is 0 Å². The highest BCUT2D eigenvalue weighted by molar-refractivity contribution is 6.12. The molecule has 0 aliphatic carbocycles. The van der Waals surface area contributed by atoms with Crippen molar-refractivity contribution in [1.82, 2.24) is 0 Å². The standard InChI is InChI=1S/C46H32N2O/c1-5-15-34(16-6-1)47(35-17-7-2-8-18-35)38-29-27-33(28-30-38)39-31-32-44-45-40(39)23-13-24-41(45)46-42(25-14-26-43(46)49-44)48(36-19-9-3-10-20-36)37-21-11-4-12-22-37/h1-32H. The van der Waals surface area contributed by atoms with Crippen molar-refractivity contribution in [3.05, 3.63) is 194 Å². The zero-order valence-electron chi connectivity index (χ0n) is 26.8. The number of para-hydroxylation sites is 4. The van der Waals surface area contributed by atoms with Crippen molar-refractivity contribution in [3.63, 3.8) is 0 Å². The van der Waals surface area contributed by atoms with E-state index in [9.17, 15) is 0 Å². The maximum atomic E-state index is 6.72. The first kappa shape index (κ1) is 28.6. The molecule has 0 radical (unpaired) electrons. The van der Waals surface area contributed by atoms with Crippen LogP contribution in [-0.4, -0.2) is 0 Å². The lowest BCUT2D eigenvalue weighted by Crippen LogP contribution is -2.12. The number of hydrogen-bond donors (Lipinski definition) is 0. The summed E-state index contributed by atoms with van der Waals surface area (Å²) >= 11 is 0. The van der Waals surface area contributed by atoms with E-state index in [2.05, 4.69) is 204 Å². The minimum absolute atomic E-state index is 0.855. The molecule has 1 heterocycles. The second-order valence-corrected chi connectivity index (χ2v) is 12.2. The summed E-state index contributed by atoms with van der Waals surface area (Å²) in [5, 5.41) is 2.29. The molecule has 0 saturated heterocycles. The zero-order valence-corrected chi connectivity index (χ0v) is 26.8. The lowest BCUT2D eigenvalue weighted by atomic mass is 9.89. The summed E-state index contributed by atoms with van der Waals surface area (Å²) in [6.45, 7) is 0. The number of ether oxygens (including phenoxy) is 1. The Labute approximate surface area is 286 Å². The van der Waals surface area contributed by atoms with Gasteiger partial charge in [-0.25, -0.2) is 0 Å². The molecule has 1 aliphatic heterocycles.